The normalized spacial score (nSPS) is 11.6. The molecule has 0 saturated carbocycles. The van der Waals surface area contributed by atoms with Crippen molar-refractivity contribution in [2.24, 2.45) is 0 Å². The van der Waals surface area contributed by atoms with Gasteiger partial charge in [0.05, 0.1) is 17.5 Å². The van der Waals surface area contributed by atoms with Crippen LogP contribution in [0.15, 0.2) is 26.8 Å². The molecule has 0 aromatic carbocycles. The molecule has 18 heavy (non-hydrogen) atoms. The van der Waals surface area contributed by atoms with E-state index >= 15 is 0 Å². The first-order valence-electron chi connectivity index (χ1n) is 5.38. The molecule has 1 N–H and O–H groups in total. The topological polar surface area (TPSA) is 55.1 Å². The zero-order valence-corrected chi connectivity index (χ0v) is 12.7. The second-order valence-electron chi connectivity index (χ2n) is 4.85. The molecule has 6 heteroatoms. The van der Waals surface area contributed by atoms with Crippen LogP contribution in [-0.2, 0) is 5.41 Å². The largest absolute Gasteiger partial charge is 0.457 e. The molecule has 0 saturated heterocycles. The maximum absolute atomic E-state index is 11.9. The summed E-state index contributed by atoms with van der Waals surface area (Å²) in [5.74, 6) is -0.231. The van der Waals surface area contributed by atoms with Crippen molar-refractivity contribution in [3.8, 4) is 0 Å². The number of hydrogen-bond donors (Lipinski definition) is 1. The zero-order chi connectivity index (χ0) is 13.3. The first-order valence-corrected chi connectivity index (χ1v) is 7.05. The fraction of sp³-hybridized carbons (Fsp3) is 0.333. The Morgan fingerprint density at radius 1 is 1.50 bits per heavy atom. The summed E-state index contributed by atoms with van der Waals surface area (Å²) in [5, 5.41) is 5.31. The second-order valence-corrected chi connectivity index (χ2v) is 6.43. The Bertz CT molecular complexity index is 569. The summed E-state index contributed by atoms with van der Waals surface area (Å²) >= 11 is 4.59. The summed E-state index contributed by atoms with van der Waals surface area (Å²) in [6.45, 7) is 6.25. The van der Waals surface area contributed by atoms with Gasteiger partial charge in [0.2, 0.25) is 0 Å². The Labute approximate surface area is 118 Å². The third kappa shape index (κ3) is 2.81. The molecule has 2 rings (SSSR count). The Kier molecular flexibility index (Phi) is 3.59. The van der Waals surface area contributed by atoms with Crippen LogP contribution in [0.4, 0.5) is 5.13 Å². The summed E-state index contributed by atoms with van der Waals surface area (Å²) in [6, 6.07) is 1.61. The number of amides is 1. The summed E-state index contributed by atoms with van der Waals surface area (Å²) in [4.78, 5) is 16.3. The minimum atomic E-state index is -0.231. The van der Waals surface area contributed by atoms with Gasteiger partial charge in [0.15, 0.2) is 9.80 Å². The molecule has 0 aliphatic heterocycles. The minimum Gasteiger partial charge on any atom is -0.457 e. The monoisotopic (exact) mass is 328 g/mol. The highest BCUT2D eigenvalue weighted by Gasteiger charge is 2.19. The maximum atomic E-state index is 11.9. The van der Waals surface area contributed by atoms with Gasteiger partial charge >= 0.3 is 0 Å². The van der Waals surface area contributed by atoms with Gasteiger partial charge in [-0.1, -0.05) is 20.8 Å². The van der Waals surface area contributed by atoms with Gasteiger partial charge in [0.25, 0.3) is 5.91 Å². The van der Waals surface area contributed by atoms with Crippen molar-refractivity contribution in [1.29, 1.82) is 0 Å². The van der Waals surface area contributed by atoms with Crippen LogP contribution in [0.3, 0.4) is 0 Å². The summed E-state index contributed by atoms with van der Waals surface area (Å²) in [6.07, 6.45) is 1.46. The molecule has 0 unspecified atom stereocenters. The van der Waals surface area contributed by atoms with E-state index in [1.807, 2.05) is 5.38 Å². The van der Waals surface area contributed by atoms with Crippen LogP contribution in [0.5, 0.6) is 0 Å². The lowest BCUT2D eigenvalue weighted by atomic mass is 9.93. The highest BCUT2D eigenvalue weighted by Crippen LogP contribution is 2.27. The number of nitrogens with zero attached hydrogens (tertiary/aromatic N) is 1. The highest BCUT2D eigenvalue weighted by molar-refractivity contribution is 9.10. The van der Waals surface area contributed by atoms with Crippen LogP contribution >= 0.6 is 27.3 Å². The van der Waals surface area contributed by atoms with Crippen molar-refractivity contribution < 1.29 is 9.21 Å². The molecular formula is C12H13BrN2O2S. The van der Waals surface area contributed by atoms with Crippen LogP contribution < -0.4 is 5.32 Å². The van der Waals surface area contributed by atoms with Crippen molar-refractivity contribution in [3.63, 3.8) is 0 Å². The van der Waals surface area contributed by atoms with E-state index in [0.717, 1.165) is 5.69 Å². The van der Waals surface area contributed by atoms with Crippen LogP contribution in [-0.4, -0.2) is 10.9 Å². The molecule has 2 heterocycles. The fourth-order valence-corrected chi connectivity index (χ4v) is 2.65. The number of carbonyl (C=O) groups excluding carboxylic acids is 1. The number of rotatable bonds is 2. The number of halogens is 1. The Hall–Kier alpha value is -1.14. The summed E-state index contributed by atoms with van der Waals surface area (Å²) in [7, 11) is 0. The first-order chi connectivity index (χ1) is 8.38. The molecule has 0 aliphatic rings. The van der Waals surface area contributed by atoms with E-state index in [2.05, 4.69) is 47.0 Å². The van der Waals surface area contributed by atoms with Gasteiger partial charge in [-0.3, -0.25) is 10.1 Å². The zero-order valence-electron chi connectivity index (χ0n) is 10.3. The number of carbonyl (C=O) groups is 1. The highest BCUT2D eigenvalue weighted by atomic mass is 79.9. The average Bonchev–Trinajstić information content (AvgIpc) is 2.85. The second kappa shape index (κ2) is 4.85. The Morgan fingerprint density at radius 2 is 2.22 bits per heavy atom. The lowest BCUT2D eigenvalue weighted by molar-refractivity contribution is 0.102. The number of nitrogens with one attached hydrogen (secondary N) is 1. The van der Waals surface area contributed by atoms with Crippen molar-refractivity contribution in [1.82, 2.24) is 4.98 Å². The van der Waals surface area contributed by atoms with Crippen molar-refractivity contribution in [2.45, 2.75) is 26.2 Å². The molecule has 0 aliphatic carbocycles. The van der Waals surface area contributed by atoms with Crippen LogP contribution in [0.25, 0.3) is 0 Å². The maximum Gasteiger partial charge on any atom is 0.261 e. The SMILES string of the molecule is CC(C)(C)c1csc(NC(=O)c2ccoc2Br)n1. The van der Waals surface area contributed by atoms with Crippen molar-refractivity contribution in [3.05, 3.63) is 33.6 Å². The van der Waals surface area contributed by atoms with E-state index in [0.29, 0.717) is 15.4 Å². The van der Waals surface area contributed by atoms with Gasteiger partial charge in [0, 0.05) is 10.8 Å². The van der Waals surface area contributed by atoms with Crippen LogP contribution in [0.2, 0.25) is 0 Å². The molecule has 2 aromatic heterocycles. The smallest absolute Gasteiger partial charge is 0.261 e. The van der Waals surface area contributed by atoms with Crippen LogP contribution in [0.1, 0.15) is 36.8 Å². The molecule has 0 fully saturated rings. The standard InChI is InChI=1S/C12H13BrN2O2S/c1-12(2,3)8-6-18-11(14-8)15-10(16)7-4-5-17-9(7)13/h4-6H,1-3H3,(H,14,15,16). The quantitative estimate of drug-likeness (QED) is 0.904. The van der Waals surface area contributed by atoms with Gasteiger partial charge in [-0.2, -0.15) is 0 Å². The molecule has 0 atom stereocenters. The predicted molar refractivity (Wildman–Crippen MR) is 75.2 cm³/mol. The number of aromatic nitrogens is 1. The van der Waals surface area contributed by atoms with E-state index in [-0.39, 0.29) is 11.3 Å². The Balaban J connectivity index is 2.13. The van der Waals surface area contributed by atoms with E-state index < -0.39 is 0 Å². The summed E-state index contributed by atoms with van der Waals surface area (Å²) < 4.78 is 5.45. The molecule has 0 bridgehead atoms. The van der Waals surface area contributed by atoms with E-state index in [9.17, 15) is 4.79 Å². The summed E-state index contributed by atoms with van der Waals surface area (Å²) in [5.41, 5.74) is 1.41. The van der Waals surface area contributed by atoms with Crippen molar-refractivity contribution >= 4 is 38.3 Å². The third-order valence-corrected chi connectivity index (χ3v) is 3.73. The molecule has 0 radical (unpaired) electrons. The Morgan fingerprint density at radius 3 is 2.72 bits per heavy atom. The fourth-order valence-electron chi connectivity index (χ4n) is 1.30. The number of hydrogen-bond acceptors (Lipinski definition) is 4. The van der Waals surface area contributed by atoms with Gasteiger partial charge in [-0.05, 0) is 22.0 Å². The van der Waals surface area contributed by atoms with E-state index in [4.69, 9.17) is 4.42 Å². The molecular weight excluding hydrogens is 316 g/mol. The van der Waals surface area contributed by atoms with Gasteiger partial charge in [-0.15, -0.1) is 11.3 Å². The van der Waals surface area contributed by atoms with E-state index in [1.165, 1.54) is 17.6 Å². The van der Waals surface area contributed by atoms with Gasteiger partial charge in [0.1, 0.15) is 0 Å². The first kappa shape index (κ1) is 13.3. The number of furan rings is 1. The number of thiazole rings is 1. The average molecular weight is 329 g/mol. The molecule has 0 spiro atoms. The van der Waals surface area contributed by atoms with Crippen molar-refractivity contribution in [2.75, 3.05) is 5.32 Å². The lowest BCUT2D eigenvalue weighted by Gasteiger charge is -2.14. The van der Waals surface area contributed by atoms with Gasteiger partial charge in [-0.25, -0.2) is 4.98 Å². The third-order valence-electron chi connectivity index (χ3n) is 2.36. The lowest BCUT2D eigenvalue weighted by Crippen LogP contribution is -2.14. The molecule has 1 amide bonds. The molecule has 4 nitrogen and oxygen atoms in total. The predicted octanol–water partition coefficient (Wildman–Crippen LogP) is 4.05. The molecule has 2 aromatic rings. The van der Waals surface area contributed by atoms with Crippen LogP contribution in [0, 0.1) is 0 Å². The number of anilines is 1. The van der Waals surface area contributed by atoms with Gasteiger partial charge < -0.3 is 4.42 Å². The minimum absolute atomic E-state index is 0.0182. The van der Waals surface area contributed by atoms with E-state index in [1.54, 1.807) is 6.07 Å². The molecule has 96 valence electrons.